The molecule has 0 aromatic carbocycles. The molecule has 4 rings (SSSR count). The summed E-state index contributed by atoms with van der Waals surface area (Å²) in [6, 6.07) is 0.651. The Morgan fingerprint density at radius 1 is 1.22 bits per heavy atom. The molecule has 148 valence electrons. The van der Waals surface area contributed by atoms with E-state index in [0.717, 1.165) is 30.7 Å². The van der Waals surface area contributed by atoms with Crippen LogP contribution < -0.4 is 9.47 Å². The highest BCUT2D eigenvalue weighted by molar-refractivity contribution is 6.28. The fraction of sp³-hybridized carbons (Fsp3) is 0.588. The Kier molecular flexibility index (Phi) is 5.78. The van der Waals surface area contributed by atoms with Gasteiger partial charge in [0, 0.05) is 6.20 Å². The molecule has 27 heavy (non-hydrogen) atoms. The van der Waals surface area contributed by atoms with Gasteiger partial charge in [-0.25, -0.2) is 4.98 Å². The minimum absolute atomic E-state index is 0.188. The molecule has 2 saturated carbocycles. The molecule has 0 radical (unpaired) electrons. The molecule has 0 N–H and O–H groups in total. The minimum Gasteiger partial charge on any atom is -0.493 e. The Morgan fingerprint density at radius 3 is 2.41 bits per heavy atom. The van der Waals surface area contributed by atoms with Gasteiger partial charge in [0.15, 0.2) is 5.75 Å². The first kappa shape index (κ1) is 19.7. The van der Waals surface area contributed by atoms with E-state index in [9.17, 15) is 13.2 Å². The second-order valence-electron chi connectivity index (χ2n) is 6.52. The molecule has 0 spiro atoms. The molecule has 2 fully saturated rings. The highest BCUT2D eigenvalue weighted by atomic mass is 35.5. The topological polar surface area (TPSA) is 62.1 Å². The summed E-state index contributed by atoms with van der Waals surface area (Å²) in [5.41, 5.74) is 0.00296. The lowest BCUT2D eigenvalue weighted by molar-refractivity contribution is -0.140. The van der Waals surface area contributed by atoms with Gasteiger partial charge in [-0.2, -0.15) is 23.3 Å². The van der Waals surface area contributed by atoms with E-state index >= 15 is 0 Å². The Morgan fingerprint density at radius 2 is 1.93 bits per heavy atom. The maximum absolute atomic E-state index is 12.5. The third kappa shape index (κ3) is 5.03. The Balaban J connectivity index is 0.000000166. The van der Waals surface area contributed by atoms with Crippen molar-refractivity contribution in [3.63, 3.8) is 0 Å². The number of nitrogens with zero attached hydrogens (tertiary/aromatic N) is 4. The van der Waals surface area contributed by atoms with Crippen LogP contribution in [0.2, 0.25) is 5.28 Å². The van der Waals surface area contributed by atoms with Crippen molar-refractivity contribution in [3.05, 3.63) is 28.9 Å². The van der Waals surface area contributed by atoms with E-state index in [-0.39, 0.29) is 11.4 Å². The summed E-state index contributed by atoms with van der Waals surface area (Å²) < 4.78 is 49.9. The normalized spacial score (nSPS) is 17.0. The summed E-state index contributed by atoms with van der Waals surface area (Å²) in [6.45, 7) is 1.97. The van der Waals surface area contributed by atoms with Gasteiger partial charge < -0.3 is 9.47 Å². The van der Waals surface area contributed by atoms with Crippen LogP contribution >= 0.6 is 11.6 Å². The van der Waals surface area contributed by atoms with Crippen LogP contribution in [0.3, 0.4) is 0 Å². The molecule has 0 aliphatic heterocycles. The number of ether oxygens (including phenoxy) is 2. The van der Waals surface area contributed by atoms with Gasteiger partial charge in [-0.3, -0.25) is 4.68 Å². The molecule has 0 bridgehead atoms. The van der Waals surface area contributed by atoms with Crippen LogP contribution in [0.25, 0.3) is 0 Å². The Hall–Kier alpha value is -2.03. The van der Waals surface area contributed by atoms with Crippen LogP contribution in [0.1, 0.15) is 49.4 Å². The van der Waals surface area contributed by atoms with E-state index in [1.807, 2.05) is 17.8 Å². The molecule has 0 saturated heterocycles. The maximum Gasteiger partial charge on any atom is 0.423 e. The van der Waals surface area contributed by atoms with E-state index in [1.165, 1.54) is 12.8 Å². The molecule has 6 nitrogen and oxygen atoms in total. The van der Waals surface area contributed by atoms with Gasteiger partial charge in [-0.05, 0) is 50.6 Å². The van der Waals surface area contributed by atoms with E-state index in [2.05, 4.69) is 15.1 Å². The van der Waals surface area contributed by atoms with Gasteiger partial charge in [0.05, 0.1) is 19.3 Å². The average molecular weight is 405 g/mol. The van der Waals surface area contributed by atoms with Crippen molar-refractivity contribution in [2.24, 2.45) is 0 Å². The Labute approximate surface area is 159 Å². The first-order chi connectivity index (χ1) is 12.8. The van der Waals surface area contributed by atoms with Crippen LogP contribution in [0.15, 0.2) is 12.4 Å². The molecule has 2 aliphatic rings. The molecule has 0 atom stereocenters. The lowest BCUT2D eigenvalue weighted by Crippen LogP contribution is -2.26. The van der Waals surface area contributed by atoms with Crippen molar-refractivity contribution >= 4 is 11.6 Å². The number of hydrogen-bond acceptors (Lipinski definition) is 5. The zero-order chi connectivity index (χ0) is 19.6. The van der Waals surface area contributed by atoms with E-state index in [0.29, 0.717) is 12.2 Å². The van der Waals surface area contributed by atoms with Crippen LogP contribution in [-0.2, 0) is 6.18 Å². The standard InChI is InChI=1S/C9H8ClF3N2O.C8H12N2O/c10-8-14-4-6(9(11,12)13)7(15-8)16-5-2-1-3-5;1-6-8(11-2)5-10(9-6)7-3-4-7/h4-5H,1-3H2;5,7H,3-4H2,1-2H3. The summed E-state index contributed by atoms with van der Waals surface area (Å²) in [4.78, 5) is 6.79. The van der Waals surface area contributed by atoms with Crippen molar-refractivity contribution < 1.29 is 22.6 Å². The lowest BCUT2D eigenvalue weighted by Gasteiger charge is -2.26. The third-order valence-corrected chi connectivity index (χ3v) is 4.55. The number of aryl methyl sites for hydroxylation is 1. The first-order valence-corrected chi connectivity index (χ1v) is 9.02. The lowest BCUT2D eigenvalue weighted by atomic mass is 9.96. The maximum atomic E-state index is 12.5. The zero-order valence-corrected chi connectivity index (χ0v) is 15.7. The predicted molar refractivity (Wildman–Crippen MR) is 92.1 cm³/mol. The van der Waals surface area contributed by atoms with Crippen LogP contribution in [-0.4, -0.2) is 33.0 Å². The second kappa shape index (κ2) is 7.92. The van der Waals surface area contributed by atoms with Crippen LogP contribution in [0.5, 0.6) is 11.6 Å². The van der Waals surface area contributed by atoms with Gasteiger partial charge >= 0.3 is 6.18 Å². The number of hydrogen-bond donors (Lipinski definition) is 0. The highest BCUT2D eigenvalue weighted by Crippen LogP contribution is 2.37. The molecule has 2 heterocycles. The summed E-state index contributed by atoms with van der Waals surface area (Å²) in [5.74, 6) is 0.425. The van der Waals surface area contributed by atoms with E-state index < -0.39 is 17.6 Å². The first-order valence-electron chi connectivity index (χ1n) is 8.64. The van der Waals surface area contributed by atoms with Crippen molar-refractivity contribution in [2.75, 3.05) is 7.11 Å². The predicted octanol–water partition coefficient (Wildman–Crippen LogP) is 4.62. The molecule has 10 heteroatoms. The van der Waals surface area contributed by atoms with Crippen molar-refractivity contribution in [3.8, 4) is 11.6 Å². The summed E-state index contributed by atoms with van der Waals surface area (Å²) in [7, 11) is 1.68. The van der Waals surface area contributed by atoms with Crippen molar-refractivity contribution in [1.29, 1.82) is 0 Å². The van der Waals surface area contributed by atoms with Gasteiger partial charge in [0.2, 0.25) is 11.2 Å². The van der Waals surface area contributed by atoms with Gasteiger partial charge in [-0.15, -0.1) is 0 Å². The van der Waals surface area contributed by atoms with Gasteiger partial charge in [-0.1, -0.05) is 0 Å². The monoisotopic (exact) mass is 404 g/mol. The molecule has 2 aromatic rings. The molecule has 2 aliphatic carbocycles. The number of rotatable bonds is 4. The number of alkyl halides is 3. The Bertz CT molecular complexity index is 789. The van der Waals surface area contributed by atoms with E-state index in [1.54, 1.807) is 7.11 Å². The quantitative estimate of drug-likeness (QED) is 0.696. The molecule has 0 amide bonds. The van der Waals surface area contributed by atoms with Crippen LogP contribution in [0.4, 0.5) is 13.2 Å². The fourth-order valence-electron chi connectivity index (χ4n) is 2.47. The SMILES string of the molecule is COc1cn(C2CC2)nc1C.FC(F)(F)c1cnc(Cl)nc1OC1CCC1. The summed E-state index contributed by atoms with van der Waals surface area (Å²) in [5, 5.41) is 4.09. The minimum atomic E-state index is -4.52. The smallest absolute Gasteiger partial charge is 0.423 e. The second-order valence-corrected chi connectivity index (χ2v) is 6.86. The number of halogens is 4. The van der Waals surface area contributed by atoms with Crippen molar-refractivity contribution in [2.45, 2.75) is 57.3 Å². The molecular formula is C17H20ClF3N4O2. The third-order valence-electron chi connectivity index (χ3n) is 4.37. The average Bonchev–Trinajstić information content (AvgIpc) is 3.33. The zero-order valence-electron chi connectivity index (χ0n) is 15.0. The number of methoxy groups -OCH3 is 1. The molecular weight excluding hydrogens is 385 g/mol. The van der Waals surface area contributed by atoms with Gasteiger partial charge in [0.25, 0.3) is 0 Å². The highest BCUT2D eigenvalue weighted by Gasteiger charge is 2.37. The largest absolute Gasteiger partial charge is 0.493 e. The van der Waals surface area contributed by atoms with Gasteiger partial charge in [0.1, 0.15) is 17.4 Å². The van der Waals surface area contributed by atoms with Crippen LogP contribution in [0, 0.1) is 6.92 Å². The summed E-state index contributed by atoms with van der Waals surface area (Å²) >= 11 is 5.44. The molecule has 0 unspecified atom stereocenters. The fourth-order valence-corrected chi connectivity index (χ4v) is 2.59. The van der Waals surface area contributed by atoms with E-state index in [4.69, 9.17) is 21.1 Å². The summed E-state index contributed by atoms with van der Waals surface area (Å²) in [6.07, 6.45) is 2.91. The van der Waals surface area contributed by atoms with Crippen molar-refractivity contribution in [1.82, 2.24) is 19.7 Å². The number of aromatic nitrogens is 4. The molecule has 2 aromatic heterocycles.